The third-order valence-corrected chi connectivity index (χ3v) is 8.92. The number of ketones is 1. The van der Waals surface area contributed by atoms with Gasteiger partial charge in [0.25, 0.3) is 5.69 Å². The maximum Gasteiger partial charge on any atom is 0.339 e. The predicted octanol–water partition coefficient (Wildman–Crippen LogP) is 5.81. The fourth-order valence-electron chi connectivity index (χ4n) is 6.55. The second kappa shape index (κ2) is 10.5. The van der Waals surface area contributed by atoms with Gasteiger partial charge in [-0.1, -0.05) is 60.2 Å². The number of nitro benzene ring substituents is 1. The highest BCUT2D eigenvalue weighted by atomic mass is 35.5. The molecule has 0 N–H and O–H groups in total. The Hall–Kier alpha value is -5.22. The van der Waals surface area contributed by atoms with E-state index in [-0.39, 0.29) is 52.3 Å². The number of hydrogen-bond donors (Lipinski definition) is 0. The van der Waals surface area contributed by atoms with Crippen molar-refractivity contribution in [3.05, 3.63) is 111 Å². The largest absolute Gasteiger partial charge is 0.454 e. The number of nitro groups is 1. The van der Waals surface area contributed by atoms with E-state index in [1.54, 1.807) is 42.5 Å². The van der Waals surface area contributed by atoms with Gasteiger partial charge in [-0.3, -0.25) is 29.4 Å². The minimum Gasteiger partial charge on any atom is -0.454 e. The van der Waals surface area contributed by atoms with E-state index in [4.69, 9.17) is 16.3 Å². The molecule has 10 nitrogen and oxygen atoms in total. The molecule has 1 saturated carbocycles. The summed E-state index contributed by atoms with van der Waals surface area (Å²) in [6.07, 6.45) is 4.95. The second-order valence-electron chi connectivity index (χ2n) is 11.1. The van der Waals surface area contributed by atoms with Gasteiger partial charge in [0, 0.05) is 28.6 Å². The lowest BCUT2D eigenvalue weighted by atomic mass is 9.85. The zero-order valence-electron chi connectivity index (χ0n) is 22.9. The van der Waals surface area contributed by atoms with Crippen LogP contribution in [0.25, 0.3) is 22.2 Å². The molecule has 7 rings (SSSR count). The van der Waals surface area contributed by atoms with Crippen LogP contribution >= 0.6 is 11.6 Å². The van der Waals surface area contributed by atoms with Crippen molar-refractivity contribution in [3.8, 4) is 11.3 Å². The quantitative estimate of drug-likeness (QED) is 0.0640. The topological polar surface area (TPSA) is 137 Å². The highest BCUT2D eigenvalue weighted by Gasteiger charge is 2.59. The van der Waals surface area contributed by atoms with Crippen LogP contribution < -0.4 is 4.90 Å². The Balaban J connectivity index is 1.16. The average Bonchev–Trinajstić information content (AvgIpc) is 3.73. The van der Waals surface area contributed by atoms with Crippen molar-refractivity contribution >= 4 is 57.4 Å². The molecule has 1 saturated heterocycles. The molecule has 3 aliphatic rings. The van der Waals surface area contributed by atoms with Gasteiger partial charge in [-0.25, -0.2) is 9.78 Å². The van der Waals surface area contributed by atoms with Crippen LogP contribution in [-0.2, 0) is 14.3 Å². The summed E-state index contributed by atoms with van der Waals surface area (Å²) < 4.78 is 5.34. The van der Waals surface area contributed by atoms with Crippen LogP contribution in [0, 0.1) is 33.8 Å². The molecule has 2 bridgehead atoms. The standard InChI is InChI=1S/C33H22ClN3O7/c34-25-6-2-5-23-24(33(41)44-16-27(38)18-3-1-4-22(14-18)37(42)43)15-26(35-30(23)25)17-9-11-21(12-10-17)36-31(39)28-19-7-8-20(13-19)29(28)32(36)40/h1-12,14-15,19-20,28-29H,13,16H2. The number of amides is 2. The summed E-state index contributed by atoms with van der Waals surface area (Å²) in [4.78, 5) is 68.8. The van der Waals surface area contributed by atoms with E-state index in [0.717, 1.165) is 12.5 Å². The Labute approximate surface area is 255 Å². The van der Waals surface area contributed by atoms with Crippen molar-refractivity contribution in [2.45, 2.75) is 6.42 Å². The van der Waals surface area contributed by atoms with E-state index < -0.39 is 23.3 Å². The maximum absolute atomic E-state index is 13.3. The lowest BCUT2D eigenvalue weighted by molar-refractivity contribution is -0.384. The molecule has 0 spiro atoms. The molecule has 44 heavy (non-hydrogen) atoms. The van der Waals surface area contributed by atoms with Crippen LogP contribution in [0.4, 0.5) is 11.4 Å². The van der Waals surface area contributed by atoms with Crippen molar-refractivity contribution in [2.24, 2.45) is 23.7 Å². The molecule has 2 amide bonds. The third-order valence-electron chi connectivity index (χ3n) is 8.62. The first-order valence-corrected chi connectivity index (χ1v) is 14.3. The molecule has 2 fully saturated rings. The number of Topliss-reactive ketones (excluding diaryl/α,β-unsaturated/α-hetero) is 1. The van der Waals surface area contributed by atoms with Gasteiger partial charge in [0.15, 0.2) is 6.61 Å². The fourth-order valence-corrected chi connectivity index (χ4v) is 6.77. The van der Waals surface area contributed by atoms with Gasteiger partial charge in [-0.2, -0.15) is 0 Å². The second-order valence-corrected chi connectivity index (χ2v) is 11.5. The van der Waals surface area contributed by atoms with E-state index in [1.807, 2.05) is 12.2 Å². The van der Waals surface area contributed by atoms with Crippen LogP contribution in [0.5, 0.6) is 0 Å². The minimum atomic E-state index is -0.806. The molecular formula is C33H22ClN3O7. The number of aromatic nitrogens is 1. The Morgan fingerprint density at radius 3 is 2.32 bits per heavy atom. The van der Waals surface area contributed by atoms with Crippen molar-refractivity contribution < 1.29 is 28.8 Å². The van der Waals surface area contributed by atoms with E-state index in [0.29, 0.717) is 32.9 Å². The summed E-state index contributed by atoms with van der Waals surface area (Å²) in [6, 6.07) is 18.4. The van der Waals surface area contributed by atoms with Crippen LogP contribution in [0.3, 0.4) is 0 Å². The molecule has 218 valence electrons. The van der Waals surface area contributed by atoms with E-state index in [9.17, 15) is 29.3 Å². The molecule has 4 atom stereocenters. The number of esters is 1. The van der Waals surface area contributed by atoms with Crippen LogP contribution in [0.2, 0.25) is 5.02 Å². The van der Waals surface area contributed by atoms with Gasteiger partial charge in [-0.05, 0) is 42.5 Å². The number of halogens is 1. The van der Waals surface area contributed by atoms with Crippen LogP contribution in [-0.4, -0.2) is 40.1 Å². The number of hydrogen-bond acceptors (Lipinski definition) is 8. The molecule has 2 heterocycles. The number of anilines is 1. The van der Waals surface area contributed by atoms with Gasteiger partial charge in [0.1, 0.15) is 0 Å². The molecule has 11 heteroatoms. The minimum absolute atomic E-state index is 0.0397. The smallest absolute Gasteiger partial charge is 0.339 e. The van der Waals surface area contributed by atoms with Gasteiger partial charge < -0.3 is 4.74 Å². The molecule has 4 aromatic rings. The maximum atomic E-state index is 13.3. The summed E-state index contributed by atoms with van der Waals surface area (Å²) in [6.45, 7) is -0.633. The molecular weight excluding hydrogens is 586 g/mol. The molecule has 1 aliphatic heterocycles. The number of imide groups is 1. The Bertz CT molecular complexity index is 1930. The normalized spacial score (nSPS) is 21.6. The molecule has 2 aliphatic carbocycles. The SMILES string of the molecule is O=C(COC(=O)c1cc(-c2ccc(N3C(=O)C4C5C=CC(C5)C4C3=O)cc2)nc2c(Cl)cccc12)c1cccc([N+](=O)[O-])c1. The van der Waals surface area contributed by atoms with Crippen molar-refractivity contribution in [1.82, 2.24) is 4.98 Å². The van der Waals surface area contributed by atoms with E-state index in [2.05, 4.69) is 4.98 Å². The fraction of sp³-hybridized carbons (Fsp3) is 0.182. The van der Waals surface area contributed by atoms with Crippen molar-refractivity contribution in [1.29, 1.82) is 0 Å². The lowest BCUT2D eigenvalue weighted by Crippen LogP contribution is -2.32. The first kappa shape index (κ1) is 27.6. The Morgan fingerprint density at radius 1 is 0.955 bits per heavy atom. The number of rotatable bonds is 7. The first-order valence-electron chi connectivity index (χ1n) is 13.9. The van der Waals surface area contributed by atoms with Crippen molar-refractivity contribution in [3.63, 3.8) is 0 Å². The zero-order chi connectivity index (χ0) is 30.7. The first-order chi connectivity index (χ1) is 21.2. The predicted molar refractivity (Wildman–Crippen MR) is 160 cm³/mol. The van der Waals surface area contributed by atoms with Gasteiger partial charge >= 0.3 is 5.97 Å². The highest BCUT2D eigenvalue weighted by molar-refractivity contribution is 6.35. The Morgan fingerprint density at radius 2 is 1.64 bits per heavy atom. The number of pyridine rings is 1. The molecule has 3 aromatic carbocycles. The summed E-state index contributed by atoms with van der Waals surface area (Å²) in [5, 5.41) is 11.8. The zero-order valence-corrected chi connectivity index (χ0v) is 23.6. The van der Waals surface area contributed by atoms with Gasteiger partial charge in [0.05, 0.1) is 44.2 Å². The number of para-hydroxylation sites is 1. The highest BCUT2D eigenvalue weighted by Crippen LogP contribution is 2.53. The van der Waals surface area contributed by atoms with Crippen molar-refractivity contribution in [2.75, 3.05) is 11.5 Å². The van der Waals surface area contributed by atoms with Crippen LogP contribution in [0.15, 0.2) is 84.9 Å². The number of non-ortho nitro benzene ring substituents is 1. The number of carbonyl (C=O) groups excluding carboxylic acids is 4. The van der Waals surface area contributed by atoms with E-state index >= 15 is 0 Å². The number of benzene rings is 3. The number of fused-ring (bicyclic) bond motifs is 6. The number of carbonyl (C=O) groups is 4. The molecule has 0 radical (unpaired) electrons. The monoisotopic (exact) mass is 607 g/mol. The molecule has 4 unspecified atom stereocenters. The van der Waals surface area contributed by atoms with Gasteiger partial charge in [-0.15, -0.1) is 0 Å². The Kier molecular flexibility index (Phi) is 6.58. The summed E-state index contributed by atoms with van der Waals surface area (Å²) in [5.41, 5.74) is 1.69. The molecule has 1 aromatic heterocycles. The number of allylic oxidation sites excluding steroid dienone is 2. The average molecular weight is 608 g/mol. The van der Waals surface area contributed by atoms with Gasteiger partial charge in [0.2, 0.25) is 17.6 Å². The summed E-state index contributed by atoms with van der Waals surface area (Å²) >= 11 is 6.45. The number of ether oxygens (including phenoxy) is 1. The lowest BCUT2D eigenvalue weighted by Gasteiger charge is -2.18. The summed E-state index contributed by atoms with van der Waals surface area (Å²) in [5.74, 6) is -2.16. The van der Waals surface area contributed by atoms with E-state index in [1.165, 1.54) is 29.2 Å². The van der Waals surface area contributed by atoms with Crippen LogP contribution in [0.1, 0.15) is 27.1 Å². The summed E-state index contributed by atoms with van der Waals surface area (Å²) in [7, 11) is 0. The number of nitrogens with zero attached hydrogens (tertiary/aromatic N) is 3. The third kappa shape index (κ3) is 4.46.